The predicted octanol–water partition coefficient (Wildman–Crippen LogP) is 3.11. The molecular weight excluding hydrogens is 334 g/mol. The monoisotopic (exact) mass is 359 g/mol. The Labute approximate surface area is 153 Å². The maximum absolute atomic E-state index is 12.7. The third kappa shape index (κ3) is 5.37. The van der Waals surface area contributed by atoms with Gasteiger partial charge in [-0.2, -0.15) is 0 Å². The zero-order valence-electron chi connectivity index (χ0n) is 15.7. The largest absolute Gasteiger partial charge is 0.483 e. The van der Waals surface area contributed by atoms with Crippen LogP contribution in [0.2, 0.25) is 0 Å². The van der Waals surface area contributed by atoms with Gasteiger partial charge in [0.2, 0.25) is 0 Å². The fourth-order valence-electron chi connectivity index (χ4n) is 2.55. The normalized spacial score (nSPS) is 11.7. The van der Waals surface area contributed by atoms with E-state index in [0.29, 0.717) is 11.5 Å². The molecule has 26 heavy (non-hydrogen) atoms. The molecule has 2 rings (SSSR count). The Morgan fingerprint density at radius 2 is 2.00 bits per heavy atom. The van der Waals surface area contributed by atoms with E-state index in [9.17, 15) is 9.59 Å². The van der Waals surface area contributed by atoms with E-state index >= 15 is 0 Å². The van der Waals surface area contributed by atoms with Crippen LogP contribution in [-0.4, -0.2) is 37.0 Å². The van der Waals surface area contributed by atoms with Gasteiger partial charge in [-0.3, -0.25) is 9.59 Å². The highest BCUT2D eigenvalue weighted by atomic mass is 16.5. The smallest absolute Gasteiger partial charge is 0.310 e. The molecule has 1 atom stereocenters. The van der Waals surface area contributed by atoms with Crippen LogP contribution >= 0.6 is 0 Å². The summed E-state index contributed by atoms with van der Waals surface area (Å²) in [5.41, 5.74) is 2.02. The number of benzene rings is 1. The summed E-state index contributed by atoms with van der Waals surface area (Å²) in [4.78, 5) is 26.0. The van der Waals surface area contributed by atoms with Crippen LogP contribution in [0.4, 0.5) is 0 Å². The first kappa shape index (κ1) is 19.6. The summed E-state index contributed by atoms with van der Waals surface area (Å²) in [7, 11) is 1.33. The van der Waals surface area contributed by atoms with Crippen molar-refractivity contribution in [3.63, 3.8) is 0 Å². The maximum Gasteiger partial charge on any atom is 0.310 e. The van der Waals surface area contributed by atoms with Crippen LogP contribution in [0.5, 0.6) is 5.75 Å². The average Bonchev–Trinajstić information content (AvgIpc) is 3.13. The second kappa shape index (κ2) is 9.08. The Kier molecular flexibility index (Phi) is 6.83. The van der Waals surface area contributed by atoms with Gasteiger partial charge < -0.3 is 18.8 Å². The van der Waals surface area contributed by atoms with Crippen LogP contribution < -0.4 is 4.74 Å². The summed E-state index contributed by atoms with van der Waals surface area (Å²) in [6, 6.07) is 9.39. The van der Waals surface area contributed by atoms with Gasteiger partial charge in [-0.15, -0.1) is 0 Å². The molecule has 6 nitrogen and oxygen atoms in total. The first-order valence-corrected chi connectivity index (χ1v) is 8.48. The van der Waals surface area contributed by atoms with Gasteiger partial charge in [-0.1, -0.05) is 19.1 Å². The summed E-state index contributed by atoms with van der Waals surface area (Å²) in [6.45, 7) is 6.00. The van der Waals surface area contributed by atoms with E-state index in [1.165, 1.54) is 7.11 Å². The van der Waals surface area contributed by atoms with Crippen molar-refractivity contribution in [2.24, 2.45) is 5.92 Å². The van der Waals surface area contributed by atoms with E-state index in [1.54, 1.807) is 30.2 Å². The highest BCUT2D eigenvalue weighted by Gasteiger charge is 2.23. The summed E-state index contributed by atoms with van der Waals surface area (Å²) >= 11 is 0. The first-order chi connectivity index (χ1) is 12.4. The minimum absolute atomic E-state index is 0.112. The number of aryl methyl sites for hydroxylation is 2. The number of furan rings is 1. The van der Waals surface area contributed by atoms with Crippen LogP contribution in [-0.2, 0) is 20.9 Å². The number of nitrogens with zero attached hydrogens (tertiary/aromatic N) is 1. The summed E-state index contributed by atoms with van der Waals surface area (Å²) < 4.78 is 15.8. The van der Waals surface area contributed by atoms with E-state index in [4.69, 9.17) is 13.9 Å². The van der Waals surface area contributed by atoms with Gasteiger partial charge in [0.25, 0.3) is 5.91 Å². The highest BCUT2D eigenvalue weighted by Crippen LogP contribution is 2.19. The van der Waals surface area contributed by atoms with Crippen molar-refractivity contribution in [2.45, 2.75) is 27.3 Å². The van der Waals surface area contributed by atoms with Crippen molar-refractivity contribution >= 4 is 11.9 Å². The molecule has 1 heterocycles. The fourth-order valence-corrected chi connectivity index (χ4v) is 2.55. The Morgan fingerprint density at radius 1 is 1.23 bits per heavy atom. The number of carbonyl (C=O) groups is 2. The number of ether oxygens (including phenoxy) is 2. The number of rotatable bonds is 8. The highest BCUT2D eigenvalue weighted by molar-refractivity contribution is 5.79. The zero-order valence-corrected chi connectivity index (χ0v) is 15.7. The minimum atomic E-state index is -0.445. The van der Waals surface area contributed by atoms with Gasteiger partial charge in [0, 0.05) is 6.54 Å². The lowest BCUT2D eigenvalue weighted by Crippen LogP contribution is -2.39. The lowest BCUT2D eigenvalue weighted by atomic mass is 10.1. The molecule has 0 saturated carbocycles. The molecule has 0 aliphatic rings. The predicted molar refractivity (Wildman–Crippen MR) is 96.7 cm³/mol. The molecule has 1 aromatic heterocycles. The van der Waals surface area contributed by atoms with Crippen molar-refractivity contribution < 1.29 is 23.5 Å². The van der Waals surface area contributed by atoms with Crippen molar-refractivity contribution in [1.29, 1.82) is 0 Å². The standard InChI is InChI=1S/C20H25NO5/c1-14-7-8-15(2)18(10-14)26-13-19(22)21(11-16(3)20(23)24-4)12-17-6-5-9-25-17/h5-10,16H,11-13H2,1-4H3. The SMILES string of the molecule is COC(=O)C(C)CN(Cc1ccco1)C(=O)COc1cc(C)ccc1C. The molecule has 0 aliphatic heterocycles. The molecule has 0 saturated heterocycles. The molecule has 0 aliphatic carbocycles. The van der Waals surface area contributed by atoms with Crippen LogP contribution in [0.3, 0.4) is 0 Å². The molecule has 1 aromatic carbocycles. The molecular formula is C20H25NO5. The third-order valence-electron chi connectivity index (χ3n) is 4.07. The van der Waals surface area contributed by atoms with E-state index < -0.39 is 5.92 Å². The summed E-state index contributed by atoms with van der Waals surface area (Å²) in [6.07, 6.45) is 1.55. The molecule has 1 unspecified atom stereocenters. The number of carbonyl (C=O) groups excluding carboxylic acids is 2. The third-order valence-corrected chi connectivity index (χ3v) is 4.07. The van der Waals surface area contributed by atoms with Gasteiger partial charge in [0.1, 0.15) is 11.5 Å². The number of amides is 1. The Morgan fingerprint density at radius 3 is 2.65 bits per heavy atom. The molecule has 0 fully saturated rings. The Bertz CT molecular complexity index is 739. The zero-order chi connectivity index (χ0) is 19.1. The van der Waals surface area contributed by atoms with Crippen molar-refractivity contribution in [3.05, 3.63) is 53.5 Å². The van der Waals surface area contributed by atoms with E-state index in [0.717, 1.165) is 11.1 Å². The van der Waals surface area contributed by atoms with Gasteiger partial charge in [-0.25, -0.2) is 0 Å². The number of hydrogen-bond donors (Lipinski definition) is 0. The molecule has 2 aromatic rings. The van der Waals surface area contributed by atoms with Gasteiger partial charge in [-0.05, 0) is 43.2 Å². The minimum Gasteiger partial charge on any atom is -0.483 e. The molecule has 0 spiro atoms. The second-order valence-corrected chi connectivity index (χ2v) is 6.34. The van der Waals surface area contributed by atoms with E-state index in [-0.39, 0.29) is 31.6 Å². The van der Waals surface area contributed by atoms with Crippen LogP contribution in [0, 0.1) is 19.8 Å². The van der Waals surface area contributed by atoms with Gasteiger partial charge >= 0.3 is 5.97 Å². The second-order valence-electron chi connectivity index (χ2n) is 6.34. The Hall–Kier alpha value is -2.76. The molecule has 6 heteroatoms. The topological polar surface area (TPSA) is 69.0 Å². The molecule has 0 bridgehead atoms. The molecule has 1 amide bonds. The number of hydrogen-bond acceptors (Lipinski definition) is 5. The van der Waals surface area contributed by atoms with Crippen molar-refractivity contribution in [1.82, 2.24) is 4.90 Å². The van der Waals surface area contributed by atoms with Crippen molar-refractivity contribution in [2.75, 3.05) is 20.3 Å². The molecule has 140 valence electrons. The average molecular weight is 359 g/mol. The van der Waals surface area contributed by atoms with Gasteiger partial charge in [0.15, 0.2) is 6.61 Å². The van der Waals surface area contributed by atoms with Crippen LogP contribution in [0.15, 0.2) is 41.0 Å². The fraction of sp³-hybridized carbons (Fsp3) is 0.400. The van der Waals surface area contributed by atoms with E-state index in [2.05, 4.69) is 0 Å². The lowest BCUT2D eigenvalue weighted by molar-refractivity contribution is -0.147. The summed E-state index contributed by atoms with van der Waals surface area (Å²) in [5, 5.41) is 0. The Balaban J connectivity index is 2.06. The van der Waals surface area contributed by atoms with Crippen LogP contribution in [0.1, 0.15) is 23.8 Å². The quantitative estimate of drug-likeness (QED) is 0.678. The van der Waals surface area contributed by atoms with Gasteiger partial charge in [0.05, 0.1) is 25.8 Å². The van der Waals surface area contributed by atoms with Crippen molar-refractivity contribution in [3.8, 4) is 5.75 Å². The summed E-state index contributed by atoms with van der Waals surface area (Å²) in [5.74, 6) is 0.287. The van der Waals surface area contributed by atoms with E-state index in [1.807, 2.05) is 32.0 Å². The number of methoxy groups -OCH3 is 1. The maximum atomic E-state index is 12.7. The number of esters is 1. The first-order valence-electron chi connectivity index (χ1n) is 8.48. The molecule has 0 radical (unpaired) electrons. The molecule has 0 N–H and O–H groups in total. The lowest BCUT2D eigenvalue weighted by Gasteiger charge is -2.24. The van der Waals surface area contributed by atoms with Crippen LogP contribution in [0.25, 0.3) is 0 Å².